The largest absolute Gasteiger partial charge is 0.493 e. The van der Waals surface area contributed by atoms with Crippen molar-refractivity contribution in [1.82, 2.24) is 15.2 Å². The summed E-state index contributed by atoms with van der Waals surface area (Å²) in [6.45, 7) is 5.70. The SMILES string of the molecule is Cc1c(OCCCN2CC[C@@H](O)[C@H](F)C2)cccc1-c1cccc2c1CC[C@@H]2Oc1cc(OCc2cncc(C#N)c2)c(CN[C@H](C(=O)O)[C@@H](C)O)cc1Cl. The van der Waals surface area contributed by atoms with E-state index in [2.05, 4.69) is 41.5 Å². The van der Waals surface area contributed by atoms with E-state index in [4.69, 9.17) is 25.8 Å². The summed E-state index contributed by atoms with van der Waals surface area (Å²) in [6, 6.07) is 18.1. The number of carboxylic acid groups (broad SMARTS) is 1. The number of carbonyl (C=O) groups is 1. The molecule has 0 bridgehead atoms. The number of carboxylic acids is 1. The van der Waals surface area contributed by atoms with Crippen molar-refractivity contribution in [3.63, 3.8) is 0 Å². The Kier molecular flexibility index (Phi) is 13.2. The molecule has 3 aromatic carbocycles. The van der Waals surface area contributed by atoms with Crippen LogP contribution in [-0.4, -0.2) is 81.8 Å². The van der Waals surface area contributed by atoms with Gasteiger partial charge in [-0.25, -0.2) is 4.39 Å². The fourth-order valence-corrected chi connectivity index (χ4v) is 7.48. The third-order valence-electron chi connectivity index (χ3n) is 10.2. The third kappa shape index (κ3) is 9.73. The van der Waals surface area contributed by atoms with Crippen molar-refractivity contribution in [1.29, 1.82) is 5.26 Å². The monoisotopic (exact) mass is 772 g/mol. The number of nitrogens with one attached hydrogen (secondary N) is 1. The van der Waals surface area contributed by atoms with Crippen molar-refractivity contribution in [3.8, 4) is 34.4 Å². The zero-order valence-electron chi connectivity index (χ0n) is 30.9. The topological polar surface area (TPSA) is 157 Å². The molecule has 1 aliphatic carbocycles. The minimum absolute atomic E-state index is 0.0362. The molecule has 5 atom stereocenters. The molecule has 1 aliphatic heterocycles. The molecule has 290 valence electrons. The van der Waals surface area contributed by atoms with Gasteiger partial charge in [-0.05, 0) is 85.5 Å². The molecule has 1 saturated heterocycles. The highest BCUT2D eigenvalue weighted by molar-refractivity contribution is 6.32. The maximum Gasteiger partial charge on any atom is 0.323 e. The zero-order valence-corrected chi connectivity index (χ0v) is 31.6. The number of fused-ring (bicyclic) bond motifs is 1. The number of hydrogen-bond acceptors (Lipinski definition) is 10. The van der Waals surface area contributed by atoms with Crippen molar-refractivity contribution in [2.45, 2.75) is 83.2 Å². The first-order chi connectivity index (χ1) is 26.5. The van der Waals surface area contributed by atoms with Crippen LogP contribution in [0.25, 0.3) is 11.1 Å². The zero-order chi connectivity index (χ0) is 39.1. The molecule has 13 heteroatoms. The van der Waals surface area contributed by atoms with Gasteiger partial charge in [0.25, 0.3) is 0 Å². The van der Waals surface area contributed by atoms with E-state index < -0.39 is 30.4 Å². The van der Waals surface area contributed by atoms with Crippen LogP contribution in [0.1, 0.15) is 65.7 Å². The number of rotatable bonds is 16. The smallest absolute Gasteiger partial charge is 0.323 e. The van der Waals surface area contributed by atoms with E-state index in [1.165, 1.54) is 18.7 Å². The summed E-state index contributed by atoms with van der Waals surface area (Å²) in [5, 5.41) is 41.8. The molecular weight excluding hydrogens is 727 g/mol. The molecular formula is C42H46ClFN4O7. The van der Waals surface area contributed by atoms with E-state index in [0.717, 1.165) is 40.8 Å². The van der Waals surface area contributed by atoms with Crippen LogP contribution < -0.4 is 19.5 Å². The maximum atomic E-state index is 14.0. The molecule has 4 N–H and O–H groups in total. The van der Waals surface area contributed by atoms with Gasteiger partial charge >= 0.3 is 5.97 Å². The first-order valence-corrected chi connectivity index (χ1v) is 18.9. The number of ether oxygens (including phenoxy) is 3. The summed E-state index contributed by atoms with van der Waals surface area (Å²) >= 11 is 6.81. The first kappa shape index (κ1) is 39.9. The quantitative estimate of drug-likeness (QED) is 0.0945. The Hall–Kier alpha value is -4.77. The fourth-order valence-electron chi connectivity index (χ4n) is 7.25. The first-order valence-electron chi connectivity index (χ1n) is 18.5. The fraction of sp³-hybridized carbons (Fsp3) is 0.405. The van der Waals surface area contributed by atoms with Crippen molar-refractivity contribution in [2.24, 2.45) is 0 Å². The average molecular weight is 773 g/mol. The Morgan fingerprint density at radius 2 is 1.91 bits per heavy atom. The standard InChI is InChI=1S/C42H46ClFN4O7/c1-25-30(6-4-9-37(25)53-15-5-13-48-14-12-36(50)35(44)23-48)31-7-3-8-33-32(31)10-11-38(33)55-40-18-39(54-24-28-16-27(19-45)20-46-21-28)29(17-34(40)43)22-47-41(26(2)49)42(51)52/h3-4,6-9,16-18,20-21,26,35-36,38,41,47,49-50H,5,10-15,22-24H2,1-2H3,(H,51,52)/t26-,35-,36-,38+,41+/m1/s1. The van der Waals surface area contributed by atoms with E-state index in [9.17, 15) is 29.8 Å². The molecule has 0 amide bonds. The van der Waals surface area contributed by atoms with E-state index in [0.29, 0.717) is 65.8 Å². The molecule has 1 aromatic heterocycles. The summed E-state index contributed by atoms with van der Waals surface area (Å²) in [5.74, 6) is 0.392. The van der Waals surface area contributed by atoms with Crippen LogP contribution in [0, 0.1) is 18.3 Å². The Morgan fingerprint density at radius 3 is 2.67 bits per heavy atom. The molecule has 2 aliphatic rings. The van der Waals surface area contributed by atoms with Gasteiger partial charge in [0, 0.05) is 55.8 Å². The number of aliphatic hydroxyl groups is 2. The van der Waals surface area contributed by atoms with Gasteiger partial charge in [0.1, 0.15) is 48.2 Å². The lowest BCUT2D eigenvalue weighted by Gasteiger charge is -2.32. The van der Waals surface area contributed by atoms with Gasteiger partial charge in [-0.1, -0.05) is 41.9 Å². The molecule has 6 rings (SSSR count). The molecule has 2 heterocycles. The Bertz CT molecular complexity index is 2020. The van der Waals surface area contributed by atoms with Crippen LogP contribution in [0.5, 0.6) is 17.2 Å². The number of benzene rings is 3. The second-order valence-corrected chi connectivity index (χ2v) is 14.5. The number of aromatic nitrogens is 1. The van der Waals surface area contributed by atoms with Gasteiger partial charge in [0.2, 0.25) is 0 Å². The summed E-state index contributed by atoms with van der Waals surface area (Å²) in [6.07, 6.45) is 2.23. The molecule has 4 aromatic rings. The van der Waals surface area contributed by atoms with Crippen LogP contribution in [0.15, 0.2) is 67.0 Å². The lowest BCUT2D eigenvalue weighted by atomic mass is 9.93. The second kappa shape index (κ2) is 18.2. The van der Waals surface area contributed by atoms with Gasteiger partial charge in [-0.2, -0.15) is 5.26 Å². The molecule has 1 fully saturated rings. The van der Waals surface area contributed by atoms with Crippen molar-refractivity contribution < 1.29 is 38.7 Å². The van der Waals surface area contributed by atoms with Crippen LogP contribution in [0.3, 0.4) is 0 Å². The van der Waals surface area contributed by atoms with Crippen LogP contribution >= 0.6 is 11.6 Å². The van der Waals surface area contributed by atoms with E-state index in [1.54, 1.807) is 24.4 Å². The maximum absolute atomic E-state index is 14.0. The number of likely N-dealkylation sites (tertiary alicyclic amines) is 1. The number of nitriles is 1. The van der Waals surface area contributed by atoms with Gasteiger partial charge < -0.3 is 34.4 Å². The second-order valence-electron chi connectivity index (χ2n) is 14.1. The highest BCUT2D eigenvalue weighted by Crippen LogP contribution is 2.44. The normalized spacial score (nSPS) is 19.3. The lowest BCUT2D eigenvalue weighted by Crippen LogP contribution is -2.45. The summed E-state index contributed by atoms with van der Waals surface area (Å²) in [5.41, 5.74) is 7.03. The summed E-state index contributed by atoms with van der Waals surface area (Å²) in [4.78, 5) is 17.9. The number of piperidine rings is 1. The van der Waals surface area contributed by atoms with Crippen molar-refractivity contribution in [2.75, 3.05) is 26.2 Å². The Balaban J connectivity index is 1.18. The van der Waals surface area contributed by atoms with Crippen molar-refractivity contribution >= 4 is 17.6 Å². The highest BCUT2D eigenvalue weighted by atomic mass is 35.5. The van der Waals surface area contributed by atoms with E-state index >= 15 is 0 Å². The van der Waals surface area contributed by atoms with Crippen molar-refractivity contribution in [3.05, 3.63) is 105 Å². The van der Waals surface area contributed by atoms with E-state index in [-0.39, 0.29) is 25.8 Å². The Morgan fingerprint density at radius 1 is 1.11 bits per heavy atom. The van der Waals surface area contributed by atoms with Gasteiger partial charge in [-0.15, -0.1) is 0 Å². The average Bonchev–Trinajstić information content (AvgIpc) is 3.58. The lowest BCUT2D eigenvalue weighted by molar-refractivity contribution is -0.142. The van der Waals surface area contributed by atoms with Crippen LogP contribution in [-0.2, 0) is 24.4 Å². The molecule has 0 radical (unpaired) electrons. The minimum atomic E-state index is -1.22. The molecule has 11 nitrogen and oxygen atoms in total. The highest BCUT2D eigenvalue weighted by Gasteiger charge is 2.30. The van der Waals surface area contributed by atoms with Gasteiger partial charge in [0.05, 0.1) is 29.4 Å². The van der Waals surface area contributed by atoms with Crippen LogP contribution in [0.2, 0.25) is 5.02 Å². The number of nitrogens with zero attached hydrogens (tertiary/aromatic N) is 3. The van der Waals surface area contributed by atoms with E-state index in [1.807, 2.05) is 23.1 Å². The number of aliphatic carboxylic acids is 1. The number of pyridine rings is 1. The third-order valence-corrected chi connectivity index (χ3v) is 10.5. The number of halogens is 2. The van der Waals surface area contributed by atoms with Crippen LogP contribution in [0.4, 0.5) is 4.39 Å². The molecule has 55 heavy (non-hydrogen) atoms. The molecule has 0 unspecified atom stereocenters. The number of alkyl halides is 1. The molecule has 0 saturated carbocycles. The Labute approximate surface area is 325 Å². The number of aliphatic hydroxyl groups excluding tert-OH is 2. The minimum Gasteiger partial charge on any atom is -0.493 e. The number of hydrogen-bond donors (Lipinski definition) is 4. The predicted molar refractivity (Wildman–Crippen MR) is 205 cm³/mol. The summed E-state index contributed by atoms with van der Waals surface area (Å²) in [7, 11) is 0. The molecule has 0 spiro atoms. The summed E-state index contributed by atoms with van der Waals surface area (Å²) < 4.78 is 33.0. The van der Waals surface area contributed by atoms with Gasteiger partial charge in [0.15, 0.2) is 0 Å². The predicted octanol–water partition coefficient (Wildman–Crippen LogP) is 6.32. The van der Waals surface area contributed by atoms with Gasteiger partial charge in [-0.3, -0.25) is 15.1 Å².